The lowest BCUT2D eigenvalue weighted by Gasteiger charge is -2.26. The van der Waals surface area contributed by atoms with Crippen LogP contribution in [0.5, 0.6) is 0 Å². The lowest BCUT2D eigenvalue weighted by Crippen LogP contribution is -2.20. The normalized spacial score (nSPS) is 16.2. The first-order valence-electron chi connectivity index (χ1n) is 11.7. The summed E-state index contributed by atoms with van der Waals surface area (Å²) < 4.78 is 6.64. The Morgan fingerprint density at radius 3 is 2.47 bits per heavy atom. The van der Waals surface area contributed by atoms with Gasteiger partial charge in [-0.25, -0.2) is 0 Å². The van der Waals surface area contributed by atoms with Gasteiger partial charge in [0.25, 0.3) is 0 Å². The maximum Gasteiger partial charge on any atom is 0.145 e. The third kappa shape index (κ3) is 2.27. The fourth-order valence-electron chi connectivity index (χ4n) is 6.33. The Morgan fingerprint density at radius 1 is 0.812 bits per heavy atom. The molecule has 156 valence electrons. The molecule has 0 N–H and O–H groups in total. The van der Waals surface area contributed by atoms with Gasteiger partial charge in [-0.15, -0.1) is 0 Å². The van der Waals surface area contributed by atoms with Gasteiger partial charge in [0.15, 0.2) is 0 Å². The van der Waals surface area contributed by atoms with E-state index in [9.17, 15) is 0 Å². The van der Waals surface area contributed by atoms with E-state index in [0.717, 1.165) is 22.4 Å². The maximum atomic E-state index is 6.64. The molecule has 2 heterocycles. The van der Waals surface area contributed by atoms with Gasteiger partial charge in [-0.3, -0.25) is 4.98 Å². The molecule has 0 radical (unpaired) electrons. The van der Waals surface area contributed by atoms with Crippen LogP contribution in [0.3, 0.4) is 0 Å². The molecule has 32 heavy (non-hydrogen) atoms. The Bertz CT molecular complexity index is 1530. The van der Waals surface area contributed by atoms with E-state index in [1.54, 1.807) is 0 Å². The quantitative estimate of drug-likeness (QED) is 0.276. The van der Waals surface area contributed by atoms with Gasteiger partial charge in [0.2, 0.25) is 0 Å². The number of aromatic nitrogens is 1. The molecule has 5 aromatic rings. The molecule has 0 aliphatic heterocycles. The lowest BCUT2D eigenvalue weighted by atomic mass is 9.77. The molecule has 1 fully saturated rings. The van der Waals surface area contributed by atoms with Gasteiger partial charge in [0.05, 0.1) is 5.69 Å². The number of hydrogen-bond acceptors (Lipinski definition) is 2. The van der Waals surface area contributed by atoms with Crippen LogP contribution < -0.4 is 0 Å². The van der Waals surface area contributed by atoms with Crippen LogP contribution in [0.2, 0.25) is 0 Å². The van der Waals surface area contributed by atoms with E-state index < -0.39 is 0 Å². The summed E-state index contributed by atoms with van der Waals surface area (Å²) in [6.45, 7) is 4.22. The van der Waals surface area contributed by atoms with E-state index in [1.807, 2.05) is 6.20 Å². The number of rotatable bonds is 1. The van der Waals surface area contributed by atoms with Crippen molar-refractivity contribution in [3.63, 3.8) is 0 Å². The van der Waals surface area contributed by atoms with Crippen LogP contribution in [0.1, 0.15) is 47.9 Å². The van der Waals surface area contributed by atoms with E-state index in [4.69, 9.17) is 9.40 Å². The van der Waals surface area contributed by atoms with Crippen molar-refractivity contribution < 1.29 is 4.42 Å². The second-order valence-electron chi connectivity index (χ2n) is 9.69. The molecule has 0 atom stereocenters. The van der Waals surface area contributed by atoms with Crippen LogP contribution in [0.4, 0.5) is 0 Å². The van der Waals surface area contributed by atoms with Crippen molar-refractivity contribution in [2.24, 2.45) is 0 Å². The van der Waals surface area contributed by atoms with Crippen LogP contribution in [0.15, 0.2) is 71.3 Å². The van der Waals surface area contributed by atoms with Gasteiger partial charge < -0.3 is 4.42 Å². The highest BCUT2D eigenvalue weighted by atomic mass is 16.3. The van der Waals surface area contributed by atoms with Crippen LogP contribution in [-0.2, 0) is 5.41 Å². The van der Waals surface area contributed by atoms with Gasteiger partial charge in [-0.2, -0.15) is 0 Å². The Balaban J connectivity index is 1.55. The van der Waals surface area contributed by atoms with E-state index in [1.165, 1.54) is 69.8 Å². The predicted octanol–water partition coefficient (Wildman–Crippen LogP) is 8.11. The molecule has 7 rings (SSSR count). The van der Waals surface area contributed by atoms with E-state index in [2.05, 4.69) is 74.5 Å². The minimum atomic E-state index is 0.163. The third-order valence-corrected chi connectivity index (χ3v) is 7.86. The highest BCUT2D eigenvalue weighted by molar-refractivity contribution is 6.11. The molecule has 1 spiro atoms. The number of hydrogen-bond donors (Lipinski definition) is 0. The highest BCUT2D eigenvalue weighted by Gasteiger charge is 2.45. The summed E-state index contributed by atoms with van der Waals surface area (Å²) in [6, 6.07) is 22.4. The van der Waals surface area contributed by atoms with Crippen molar-refractivity contribution >= 4 is 21.9 Å². The summed E-state index contributed by atoms with van der Waals surface area (Å²) in [5.41, 5.74) is 12.3. The number of pyridine rings is 1. The van der Waals surface area contributed by atoms with Crippen LogP contribution >= 0.6 is 0 Å². The molecule has 0 unspecified atom stereocenters. The zero-order chi connectivity index (χ0) is 21.4. The molecular weight excluding hydrogens is 390 g/mol. The number of fused-ring (bicyclic) bond motifs is 8. The monoisotopic (exact) mass is 415 g/mol. The van der Waals surface area contributed by atoms with Crippen molar-refractivity contribution in [2.75, 3.05) is 0 Å². The molecule has 0 bridgehead atoms. The fourth-order valence-corrected chi connectivity index (χ4v) is 6.33. The smallest absolute Gasteiger partial charge is 0.145 e. The first-order valence-corrected chi connectivity index (χ1v) is 11.7. The van der Waals surface area contributed by atoms with Gasteiger partial charge in [-0.1, -0.05) is 55.3 Å². The van der Waals surface area contributed by atoms with Crippen LogP contribution in [0.25, 0.3) is 44.3 Å². The largest absolute Gasteiger partial charge is 0.455 e. The van der Waals surface area contributed by atoms with Gasteiger partial charge in [0, 0.05) is 27.9 Å². The Labute approximate surface area is 187 Å². The molecule has 2 nitrogen and oxygen atoms in total. The standard InChI is InChI=1S/C30H25NO/c1-18-9-12-26(31-17-18)28-19(2)10-11-21-23-15-22-20-7-3-4-8-24(20)30(13-5-6-14-30)25(22)16-27(23)32-29(21)28/h3-4,7-12,15-17H,5-6,13-14H2,1-2H3. The van der Waals surface area contributed by atoms with Gasteiger partial charge in [-0.05, 0) is 78.3 Å². The minimum absolute atomic E-state index is 0.163. The van der Waals surface area contributed by atoms with Gasteiger partial charge >= 0.3 is 0 Å². The molecule has 2 aliphatic carbocycles. The van der Waals surface area contributed by atoms with Crippen LogP contribution in [-0.4, -0.2) is 4.98 Å². The Hall–Kier alpha value is -3.39. The summed E-state index contributed by atoms with van der Waals surface area (Å²) in [6.07, 6.45) is 7.01. The van der Waals surface area contributed by atoms with Crippen molar-refractivity contribution in [3.8, 4) is 22.4 Å². The zero-order valence-electron chi connectivity index (χ0n) is 18.5. The number of nitrogens with zero attached hydrogens (tertiary/aromatic N) is 1. The molecule has 0 saturated heterocycles. The molecule has 3 aromatic carbocycles. The maximum absolute atomic E-state index is 6.64. The molecule has 2 aliphatic rings. The summed E-state index contributed by atoms with van der Waals surface area (Å²) in [5.74, 6) is 0. The lowest BCUT2D eigenvalue weighted by molar-refractivity contribution is 0.549. The number of benzene rings is 3. The number of furan rings is 1. The Morgan fingerprint density at radius 2 is 1.66 bits per heavy atom. The average molecular weight is 416 g/mol. The zero-order valence-corrected chi connectivity index (χ0v) is 18.5. The van der Waals surface area contributed by atoms with Crippen molar-refractivity contribution in [1.29, 1.82) is 0 Å². The van der Waals surface area contributed by atoms with Crippen LogP contribution in [0, 0.1) is 13.8 Å². The fraction of sp³-hybridized carbons (Fsp3) is 0.233. The van der Waals surface area contributed by atoms with Crippen molar-refractivity contribution in [2.45, 2.75) is 44.9 Å². The number of aryl methyl sites for hydroxylation is 2. The molecular formula is C30H25NO. The third-order valence-electron chi connectivity index (χ3n) is 7.86. The molecule has 0 amide bonds. The first kappa shape index (κ1) is 18.2. The van der Waals surface area contributed by atoms with Crippen molar-refractivity contribution in [1.82, 2.24) is 4.98 Å². The topological polar surface area (TPSA) is 26.0 Å². The summed E-state index contributed by atoms with van der Waals surface area (Å²) in [5, 5.41) is 2.38. The summed E-state index contributed by atoms with van der Waals surface area (Å²) in [4.78, 5) is 4.72. The van der Waals surface area contributed by atoms with E-state index in [0.29, 0.717) is 0 Å². The second kappa shape index (κ2) is 6.32. The SMILES string of the molecule is Cc1ccc(-c2c(C)ccc3c2oc2cc4c(cc23)-c2ccccc2C42CCCC2)nc1. The molecule has 2 aromatic heterocycles. The van der Waals surface area contributed by atoms with E-state index in [-0.39, 0.29) is 5.41 Å². The minimum Gasteiger partial charge on any atom is -0.455 e. The average Bonchev–Trinajstić information content (AvgIpc) is 3.50. The molecule has 1 saturated carbocycles. The van der Waals surface area contributed by atoms with Gasteiger partial charge in [0.1, 0.15) is 11.2 Å². The summed E-state index contributed by atoms with van der Waals surface area (Å²) >= 11 is 0. The predicted molar refractivity (Wildman–Crippen MR) is 131 cm³/mol. The second-order valence-corrected chi connectivity index (χ2v) is 9.69. The highest BCUT2D eigenvalue weighted by Crippen LogP contribution is 2.58. The van der Waals surface area contributed by atoms with Crippen molar-refractivity contribution in [3.05, 3.63) is 89.1 Å². The summed E-state index contributed by atoms with van der Waals surface area (Å²) in [7, 11) is 0. The molecule has 2 heteroatoms. The Kier molecular flexibility index (Phi) is 3.60. The first-order chi connectivity index (χ1) is 15.7. The van der Waals surface area contributed by atoms with E-state index >= 15 is 0 Å².